The summed E-state index contributed by atoms with van der Waals surface area (Å²) in [4.78, 5) is 8.06. The van der Waals surface area contributed by atoms with Crippen LogP contribution in [-0.2, 0) is 15.9 Å². The molecule has 4 aromatic heterocycles. The molecule has 95 heavy (non-hydrogen) atoms. The molecule has 3 aliphatic heterocycles. The number of nitrogens with zero attached hydrogens (tertiary/aromatic N) is 2. The maximum atomic E-state index is 7.74. The maximum absolute atomic E-state index is 7.74. The van der Waals surface area contributed by atoms with Crippen LogP contribution in [0.1, 0.15) is 339 Å². The van der Waals surface area contributed by atoms with Gasteiger partial charge in [0.1, 0.15) is 33.7 Å². The van der Waals surface area contributed by atoms with E-state index in [9.17, 15) is 0 Å². The second-order valence-corrected chi connectivity index (χ2v) is 41.8. The van der Waals surface area contributed by atoms with E-state index in [0.717, 1.165) is 100 Å². The highest BCUT2D eigenvalue weighted by molar-refractivity contribution is 9.11. The Hall–Kier alpha value is -1.21. The first kappa shape index (κ1) is 79.5. The van der Waals surface area contributed by atoms with Crippen molar-refractivity contribution in [2.45, 2.75) is 338 Å². The number of thiophene rings is 3. The third-order valence-electron chi connectivity index (χ3n) is 22.6. The van der Waals surface area contributed by atoms with E-state index in [1.807, 2.05) is 45.8 Å². The number of thioether (sulfide) groups is 1. The third-order valence-corrected chi connectivity index (χ3v) is 29.4. The number of ether oxygens (including phenoxy) is 2. The highest BCUT2D eigenvalue weighted by atomic mass is 79.9. The van der Waals surface area contributed by atoms with Crippen molar-refractivity contribution in [1.29, 1.82) is 0 Å². The lowest BCUT2D eigenvalue weighted by molar-refractivity contribution is -0.0315. The standard InChI is InChI=1S/C84H132Br2N2O2S5/c1-55(2)25-17-29-59(9)33-21-37-63(13)43-47-83(48-44-64(14)38-22-34-60(10)30-18-26-56(3)4)69-51-73(91-79(69)81-71(89-83)53-75(85)93-81)67-41-42-68(78-77(67)87-95-88-78)74-52-70-80(92-74)82-72(54-76(86)94-82)90-84(70,49-45-65(15)39-23-35-61(11)31-19-27-57(5)6)50-46-66(16)40-24-36-62(12)32-20-28-58(7)8/h41-42,51-53,55-66,76H,17-40,43-50,54H2,1-16H3. The van der Waals surface area contributed by atoms with Gasteiger partial charge in [-0.1, -0.05) is 293 Å². The minimum atomic E-state index is -0.398. The molecule has 7 heterocycles. The molecule has 0 saturated carbocycles. The Labute approximate surface area is 619 Å². The molecule has 534 valence electrons. The zero-order valence-electron chi connectivity index (χ0n) is 62.7. The first-order valence-electron chi connectivity index (χ1n) is 39.2. The quantitative estimate of drug-likeness (QED) is 0.0363. The van der Waals surface area contributed by atoms with Gasteiger partial charge in [0.05, 0.1) is 39.2 Å². The Morgan fingerprint density at radius 1 is 0.411 bits per heavy atom. The summed E-state index contributed by atoms with van der Waals surface area (Å²) >= 11 is 17.2. The Bertz CT molecular complexity index is 3020. The molecule has 9 unspecified atom stereocenters. The molecule has 0 amide bonds. The molecule has 4 nitrogen and oxygen atoms in total. The summed E-state index contributed by atoms with van der Waals surface area (Å²) in [6.07, 6.45) is 42.1. The van der Waals surface area contributed by atoms with Gasteiger partial charge in [0.25, 0.3) is 0 Å². The number of benzene rings is 1. The highest BCUT2D eigenvalue weighted by Gasteiger charge is 2.47. The molecule has 0 aliphatic carbocycles. The Kier molecular flexibility index (Phi) is 32.5. The van der Waals surface area contributed by atoms with E-state index in [4.69, 9.17) is 18.2 Å². The van der Waals surface area contributed by atoms with Crippen LogP contribution in [0.5, 0.6) is 5.75 Å². The number of halogens is 2. The molecule has 11 heteroatoms. The summed E-state index contributed by atoms with van der Waals surface area (Å²) in [5.41, 5.74) is 6.55. The molecular weight excluding hydrogens is 1390 g/mol. The van der Waals surface area contributed by atoms with Gasteiger partial charge in [0, 0.05) is 44.5 Å². The van der Waals surface area contributed by atoms with E-state index in [0.29, 0.717) is 27.8 Å². The van der Waals surface area contributed by atoms with Crippen LogP contribution in [0, 0.1) is 71.0 Å². The summed E-state index contributed by atoms with van der Waals surface area (Å²) in [7, 11) is 0. The number of alkyl halides is 1. The number of rotatable bonds is 46. The van der Waals surface area contributed by atoms with Gasteiger partial charge in [0.15, 0.2) is 0 Å². The number of fused-ring (bicyclic) bond motifs is 6. The fraction of sp³-hybridized carbons (Fsp3) is 0.762. The monoisotopic (exact) mass is 1520 g/mol. The van der Waals surface area contributed by atoms with Gasteiger partial charge in [-0.3, -0.25) is 0 Å². The van der Waals surface area contributed by atoms with Crippen molar-refractivity contribution >= 4 is 105 Å². The molecule has 0 saturated heterocycles. The van der Waals surface area contributed by atoms with E-state index in [-0.39, 0.29) is 5.60 Å². The van der Waals surface area contributed by atoms with Crippen LogP contribution in [0.25, 0.3) is 46.6 Å². The van der Waals surface area contributed by atoms with Crippen molar-refractivity contribution < 1.29 is 9.47 Å². The van der Waals surface area contributed by atoms with Crippen LogP contribution in [0.15, 0.2) is 39.9 Å². The van der Waals surface area contributed by atoms with Gasteiger partial charge >= 0.3 is 0 Å². The summed E-state index contributed by atoms with van der Waals surface area (Å²) in [6, 6.07) is 12.3. The minimum absolute atomic E-state index is 0.323. The Morgan fingerprint density at radius 3 is 1.11 bits per heavy atom. The minimum Gasteiger partial charge on any atom is -0.486 e. The van der Waals surface area contributed by atoms with Crippen LogP contribution >= 0.6 is 89.4 Å². The van der Waals surface area contributed by atoms with Crippen molar-refractivity contribution in [1.82, 2.24) is 8.75 Å². The molecule has 0 bridgehead atoms. The van der Waals surface area contributed by atoms with Crippen molar-refractivity contribution in [3.05, 3.63) is 55.9 Å². The number of hydrogen-bond donors (Lipinski definition) is 0. The topological polar surface area (TPSA) is 44.2 Å². The largest absolute Gasteiger partial charge is 0.486 e. The van der Waals surface area contributed by atoms with Crippen LogP contribution in [0.4, 0.5) is 0 Å². The fourth-order valence-corrected chi connectivity index (χ4v) is 22.8. The van der Waals surface area contributed by atoms with Crippen molar-refractivity contribution in [3.8, 4) is 36.4 Å². The number of hydrogen-bond acceptors (Lipinski definition) is 9. The van der Waals surface area contributed by atoms with Crippen molar-refractivity contribution in [2.24, 2.45) is 71.0 Å². The van der Waals surface area contributed by atoms with Crippen LogP contribution in [0.2, 0.25) is 0 Å². The van der Waals surface area contributed by atoms with Gasteiger partial charge in [-0.05, 0) is 150 Å². The Balaban J connectivity index is 1.08. The Morgan fingerprint density at radius 2 is 0.737 bits per heavy atom. The van der Waals surface area contributed by atoms with Gasteiger partial charge in [0.2, 0.25) is 0 Å². The molecule has 1 aromatic carbocycles. The first-order valence-corrected chi connectivity index (χ1v) is 44.9. The molecule has 5 aromatic rings. The molecular formula is C84H132Br2N2O2S5. The number of allylic oxidation sites excluding steroid dienone is 1. The predicted octanol–water partition coefficient (Wildman–Crippen LogP) is 31.2. The molecule has 8 rings (SSSR count). The van der Waals surface area contributed by atoms with Gasteiger partial charge in [-0.15, -0.1) is 45.8 Å². The zero-order chi connectivity index (χ0) is 68.4. The second kappa shape index (κ2) is 38.9. The lowest BCUT2D eigenvalue weighted by atomic mass is 9.78. The third kappa shape index (κ3) is 23.7. The molecule has 0 N–H and O–H groups in total. The SMILES string of the molecule is CC(C)CCCC(C)CCCC(C)CCC1(CCC(C)CCCC(C)CCCC(C)C)OC2=C(SC(Br)C2)c2sc(-c3ccc(-c4cc5c(s4)-c4sc(Br)cc4OC5(CCC(C)CCCC(C)CCCC(C)C)CCC(C)CCCC(C)CCCC(C)C)c4nsnc34)cc21. The smallest absolute Gasteiger partial charge is 0.141 e. The lowest BCUT2D eigenvalue weighted by Crippen LogP contribution is -2.36. The number of aromatic nitrogens is 2. The van der Waals surface area contributed by atoms with Gasteiger partial charge in [-0.2, -0.15) is 8.75 Å². The maximum Gasteiger partial charge on any atom is 0.141 e. The van der Waals surface area contributed by atoms with E-state index in [1.165, 1.54) is 249 Å². The van der Waals surface area contributed by atoms with E-state index >= 15 is 0 Å². The average molecular weight is 1520 g/mol. The van der Waals surface area contributed by atoms with Crippen molar-refractivity contribution in [3.63, 3.8) is 0 Å². The van der Waals surface area contributed by atoms with E-state index < -0.39 is 5.60 Å². The van der Waals surface area contributed by atoms with Crippen LogP contribution < -0.4 is 4.74 Å². The zero-order valence-corrected chi connectivity index (χ0v) is 70.0. The molecule has 9 atom stereocenters. The van der Waals surface area contributed by atoms with Crippen LogP contribution in [0.3, 0.4) is 0 Å². The van der Waals surface area contributed by atoms with Crippen LogP contribution in [-0.4, -0.2) is 12.9 Å². The van der Waals surface area contributed by atoms with Crippen molar-refractivity contribution in [2.75, 3.05) is 0 Å². The fourth-order valence-electron chi connectivity index (χ4n) is 16.0. The second-order valence-electron chi connectivity index (χ2n) is 33.8. The van der Waals surface area contributed by atoms with E-state index in [2.05, 4.69) is 173 Å². The normalized spacial score (nSPS) is 20.5. The summed E-state index contributed by atoms with van der Waals surface area (Å²) in [6.45, 7) is 39.1. The first-order chi connectivity index (χ1) is 45.4. The average Bonchev–Trinajstić information content (AvgIpc) is 1.60. The molecule has 0 radical (unpaired) electrons. The molecule has 3 aliphatic rings. The van der Waals surface area contributed by atoms with Gasteiger partial charge in [-0.25, -0.2) is 0 Å². The predicted molar refractivity (Wildman–Crippen MR) is 432 cm³/mol. The highest BCUT2D eigenvalue weighted by Crippen LogP contribution is 2.62. The summed E-state index contributed by atoms with van der Waals surface area (Å²) < 4.78 is 27.4. The summed E-state index contributed by atoms with van der Waals surface area (Å²) in [5.74, 6) is 11.3. The van der Waals surface area contributed by atoms with Gasteiger partial charge < -0.3 is 9.47 Å². The lowest BCUT2D eigenvalue weighted by Gasteiger charge is -2.40. The van der Waals surface area contributed by atoms with E-state index in [1.54, 1.807) is 0 Å². The summed E-state index contributed by atoms with van der Waals surface area (Å²) in [5, 5.41) is 0. The molecule has 0 spiro atoms. The molecule has 0 fully saturated rings.